The van der Waals surface area contributed by atoms with Crippen LogP contribution in [0.3, 0.4) is 0 Å². The number of halogens is 2. The smallest absolute Gasteiger partial charge is 0.277 e. The molecule has 1 heterocycles. The summed E-state index contributed by atoms with van der Waals surface area (Å²) in [6.45, 7) is 2.44. The molecule has 2 aromatic carbocycles. The number of ether oxygens (including phenoxy) is 1. The van der Waals surface area contributed by atoms with Gasteiger partial charge < -0.3 is 4.74 Å². The Labute approximate surface area is 152 Å². The molecule has 0 saturated heterocycles. The lowest BCUT2D eigenvalue weighted by Crippen LogP contribution is -2.31. The standard InChI is InChI=1S/C18H13BrClNO3/c1-2-24-14-9-3-11(4-10-14)15-16(20)18(23)21(17(15)22)13-7-5-12(19)6-8-13/h3-10H,2H2,1H3. The highest BCUT2D eigenvalue weighted by molar-refractivity contribution is 9.10. The summed E-state index contributed by atoms with van der Waals surface area (Å²) in [7, 11) is 0. The summed E-state index contributed by atoms with van der Waals surface area (Å²) in [4.78, 5) is 26.3. The van der Waals surface area contributed by atoms with E-state index in [0.29, 0.717) is 23.6 Å². The molecule has 0 saturated carbocycles. The van der Waals surface area contributed by atoms with E-state index in [0.717, 1.165) is 9.37 Å². The van der Waals surface area contributed by atoms with Gasteiger partial charge in [-0.15, -0.1) is 0 Å². The van der Waals surface area contributed by atoms with Crippen molar-refractivity contribution < 1.29 is 14.3 Å². The zero-order valence-corrected chi connectivity index (χ0v) is 15.1. The summed E-state index contributed by atoms with van der Waals surface area (Å²) in [5.41, 5.74) is 1.27. The molecular weight excluding hydrogens is 394 g/mol. The molecule has 1 aliphatic heterocycles. The Balaban J connectivity index is 1.95. The number of hydrogen-bond donors (Lipinski definition) is 0. The number of carbonyl (C=O) groups is 2. The molecule has 0 aliphatic carbocycles. The zero-order chi connectivity index (χ0) is 17.3. The van der Waals surface area contributed by atoms with Gasteiger partial charge in [-0.05, 0) is 48.9 Å². The van der Waals surface area contributed by atoms with Crippen molar-refractivity contribution in [3.8, 4) is 5.75 Å². The Morgan fingerprint density at radius 2 is 1.62 bits per heavy atom. The lowest BCUT2D eigenvalue weighted by atomic mass is 10.1. The van der Waals surface area contributed by atoms with E-state index in [2.05, 4.69) is 15.9 Å². The van der Waals surface area contributed by atoms with Gasteiger partial charge in [-0.25, -0.2) is 4.90 Å². The van der Waals surface area contributed by atoms with Crippen LogP contribution in [0, 0.1) is 0 Å². The Morgan fingerprint density at radius 3 is 2.21 bits per heavy atom. The molecule has 0 aromatic heterocycles. The van der Waals surface area contributed by atoms with E-state index in [9.17, 15) is 9.59 Å². The van der Waals surface area contributed by atoms with Gasteiger partial charge in [-0.3, -0.25) is 9.59 Å². The van der Waals surface area contributed by atoms with E-state index in [-0.39, 0.29) is 10.6 Å². The number of amides is 2. The largest absolute Gasteiger partial charge is 0.494 e. The third kappa shape index (κ3) is 2.97. The fourth-order valence-electron chi connectivity index (χ4n) is 2.46. The second kappa shape index (κ2) is 6.79. The van der Waals surface area contributed by atoms with Gasteiger partial charge in [0.1, 0.15) is 10.8 Å². The van der Waals surface area contributed by atoms with Crippen LogP contribution in [0.15, 0.2) is 58.0 Å². The third-order valence-electron chi connectivity index (χ3n) is 3.57. The average molecular weight is 407 g/mol. The predicted molar refractivity (Wildman–Crippen MR) is 97.0 cm³/mol. The summed E-state index contributed by atoms with van der Waals surface area (Å²) >= 11 is 9.49. The van der Waals surface area contributed by atoms with E-state index >= 15 is 0 Å². The topological polar surface area (TPSA) is 46.6 Å². The molecule has 0 bridgehead atoms. The van der Waals surface area contributed by atoms with Crippen molar-refractivity contribution in [3.05, 3.63) is 63.6 Å². The van der Waals surface area contributed by atoms with Crippen LogP contribution in [0.2, 0.25) is 0 Å². The molecule has 24 heavy (non-hydrogen) atoms. The number of anilines is 1. The first-order valence-corrected chi connectivity index (χ1v) is 8.47. The minimum absolute atomic E-state index is 0.0768. The normalized spacial score (nSPS) is 14.5. The van der Waals surface area contributed by atoms with E-state index < -0.39 is 11.8 Å². The van der Waals surface area contributed by atoms with Crippen molar-refractivity contribution in [1.82, 2.24) is 0 Å². The second-order valence-electron chi connectivity index (χ2n) is 5.07. The highest BCUT2D eigenvalue weighted by Crippen LogP contribution is 2.35. The molecule has 0 fully saturated rings. The van der Waals surface area contributed by atoms with Crippen LogP contribution in [0.4, 0.5) is 5.69 Å². The van der Waals surface area contributed by atoms with Crippen molar-refractivity contribution in [2.45, 2.75) is 6.92 Å². The molecule has 2 amide bonds. The number of carbonyl (C=O) groups excluding carboxylic acids is 2. The summed E-state index contributed by atoms with van der Waals surface area (Å²) in [5, 5.41) is -0.0768. The molecule has 6 heteroatoms. The summed E-state index contributed by atoms with van der Waals surface area (Å²) in [5.74, 6) is -0.260. The maximum Gasteiger partial charge on any atom is 0.277 e. The van der Waals surface area contributed by atoms with Gasteiger partial charge in [0.2, 0.25) is 0 Å². The molecule has 3 rings (SSSR count). The number of rotatable bonds is 4. The van der Waals surface area contributed by atoms with E-state index in [1.54, 1.807) is 48.5 Å². The van der Waals surface area contributed by atoms with Crippen LogP contribution in [0.25, 0.3) is 5.57 Å². The van der Waals surface area contributed by atoms with Gasteiger partial charge in [0, 0.05) is 4.47 Å². The number of imide groups is 1. The lowest BCUT2D eigenvalue weighted by Gasteiger charge is -2.15. The Hall–Kier alpha value is -2.11. The van der Waals surface area contributed by atoms with E-state index in [1.165, 1.54) is 0 Å². The second-order valence-corrected chi connectivity index (χ2v) is 6.36. The van der Waals surface area contributed by atoms with Gasteiger partial charge in [-0.1, -0.05) is 39.7 Å². The zero-order valence-electron chi connectivity index (χ0n) is 12.8. The average Bonchev–Trinajstić information content (AvgIpc) is 2.80. The van der Waals surface area contributed by atoms with E-state index in [1.807, 2.05) is 6.92 Å². The number of hydrogen-bond acceptors (Lipinski definition) is 3. The summed E-state index contributed by atoms with van der Waals surface area (Å²) in [6.07, 6.45) is 0. The number of nitrogens with zero attached hydrogens (tertiary/aromatic N) is 1. The third-order valence-corrected chi connectivity index (χ3v) is 4.45. The summed E-state index contributed by atoms with van der Waals surface area (Å²) < 4.78 is 6.24. The van der Waals surface area contributed by atoms with Gasteiger partial charge >= 0.3 is 0 Å². The van der Waals surface area contributed by atoms with E-state index in [4.69, 9.17) is 16.3 Å². The molecule has 1 aliphatic rings. The van der Waals surface area contributed by atoms with Gasteiger partial charge in [0.25, 0.3) is 11.8 Å². The molecule has 122 valence electrons. The van der Waals surface area contributed by atoms with Crippen molar-refractivity contribution in [2.24, 2.45) is 0 Å². The Kier molecular flexibility index (Phi) is 4.73. The van der Waals surface area contributed by atoms with Crippen molar-refractivity contribution in [2.75, 3.05) is 11.5 Å². The Morgan fingerprint density at radius 1 is 1.00 bits per heavy atom. The summed E-state index contributed by atoms with van der Waals surface area (Å²) in [6, 6.07) is 13.8. The molecule has 0 N–H and O–H groups in total. The molecule has 4 nitrogen and oxygen atoms in total. The van der Waals surface area contributed by atoms with Crippen LogP contribution in [0.5, 0.6) is 5.75 Å². The Bertz CT molecular complexity index is 828. The fraction of sp³-hybridized carbons (Fsp3) is 0.111. The first-order chi connectivity index (χ1) is 11.5. The fourth-order valence-corrected chi connectivity index (χ4v) is 3.00. The first-order valence-electron chi connectivity index (χ1n) is 7.30. The van der Waals surface area contributed by atoms with Crippen LogP contribution >= 0.6 is 27.5 Å². The minimum Gasteiger partial charge on any atom is -0.494 e. The van der Waals surface area contributed by atoms with Crippen LogP contribution in [-0.2, 0) is 9.59 Å². The van der Waals surface area contributed by atoms with Crippen LogP contribution in [0.1, 0.15) is 12.5 Å². The molecule has 0 radical (unpaired) electrons. The first kappa shape index (κ1) is 16.7. The van der Waals surface area contributed by atoms with Crippen molar-refractivity contribution >= 4 is 50.6 Å². The van der Waals surface area contributed by atoms with Crippen molar-refractivity contribution in [1.29, 1.82) is 0 Å². The van der Waals surface area contributed by atoms with Crippen LogP contribution in [-0.4, -0.2) is 18.4 Å². The molecule has 2 aromatic rings. The molecule has 0 unspecified atom stereocenters. The molecule has 0 atom stereocenters. The highest BCUT2D eigenvalue weighted by Gasteiger charge is 2.39. The van der Waals surface area contributed by atoms with Gasteiger partial charge in [0.05, 0.1) is 17.9 Å². The van der Waals surface area contributed by atoms with Gasteiger partial charge in [0.15, 0.2) is 0 Å². The maximum atomic E-state index is 12.7. The monoisotopic (exact) mass is 405 g/mol. The van der Waals surface area contributed by atoms with Gasteiger partial charge in [-0.2, -0.15) is 0 Å². The predicted octanol–water partition coefficient (Wildman–Crippen LogP) is 4.37. The van der Waals surface area contributed by atoms with Crippen molar-refractivity contribution in [3.63, 3.8) is 0 Å². The molecule has 0 spiro atoms. The maximum absolute atomic E-state index is 12.7. The quantitative estimate of drug-likeness (QED) is 0.708. The highest BCUT2D eigenvalue weighted by atomic mass is 79.9. The lowest BCUT2D eigenvalue weighted by molar-refractivity contribution is -0.119. The van der Waals surface area contributed by atoms with Crippen LogP contribution < -0.4 is 9.64 Å². The molecular formula is C18H13BrClNO3. The minimum atomic E-state index is -0.520. The number of benzene rings is 2. The SMILES string of the molecule is CCOc1ccc(C2=C(Cl)C(=O)N(c3ccc(Br)cc3)C2=O)cc1.